The summed E-state index contributed by atoms with van der Waals surface area (Å²) in [5.74, 6) is 0.361. The first-order valence-corrected chi connectivity index (χ1v) is 11.0. The number of carboxylic acids is 1. The molecule has 1 atom stereocenters. The average molecular weight is 419 g/mol. The summed E-state index contributed by atoms with van der Waals surface area (Å²) in [6.07, 6.45) is 3.04. The summed E-state index contributed by atoms with van der Waals surface area (Å²) in [4.78, 5) is 33.2. The smallest absolute Gasteiger partial charge is 0.371 e. The van der Waals surface area contributed by atoms with Gasteiger partial charge in [-0.15, -0.1) is 11.3 Å². The molecular weight excluding hydrogens is 396 g/mol. The fourth-order valence-electron chi connectivity index (χ4n) is 3.68. The van der Waals surface area contributed by atoms with Crippen LogP contribution < -0.4 is 5.56 Å². The first-order valence-electron chi connectivity index (χ1n) is 9.21. The lowest BCUT2D eigenvalue weighted by Crippen LogP contribution is -2.26. The molecule has 0 amide bonds. The number of carbonyl (C=O) groups is 1. The topological polar surface area (TPSA) is 96.2 Å². The summed E-state index contributed by atoms with van der Waals surface area (Å²) in [5, 5.41) is 10.2. The van der Waals surface area contributed by atoms with Gasteiger partial charge in [-0.25, -0.2) is 9.78 Å². The SMILES string of the molecule is CC(C)(C)C1CCc2c(sc3nc(SCc4ccc(C(=O)O)o4)[nH]c(=O)c23)C1. The molecule has 28 heavy (non-hydrogen) atoms. The van der Waals surface area contributed by atoms with Crippen LogP contribution in [0.1, 0.15) is 53.9 Å². The van der Waals surface area contributed by atoms with E-state index in [-0.39, 0.29) is 16.7 Å². The molecule has 8 heteroatoms. The van der Waals surface area contributed by atoms with Crippen LogP contribution in [0.2, 0.25) is 0 Å². The first-order chi connectivity index (χ1) is 13.2. The molecule has 0 bridgehead atoms. The number of hydrogen-bond donors (Lipinski definition) is 2. The minimum absolute atomic E-state index is 0.0909. The van der Waals surface area contributed by atoms with E-state index >= 15 is 0 Å². The maximum Gasteiger partial charge on any atom is 0.371 e. The van der Waals surface area contributed by atoms with Gasteiger partial charge in [0.25, 0.3) is 5.56 Å². The number of H-pyrrole nitrogens is 1. The fourth-order valence-corrected chi connectivity index (χ4v) is 5.79. The number of aromatic amines is 1. The van der Waals surface area contributed by atoms with Gasteiger partial charge in [0, 0.05) is 4.88 Å². The highest BCUT2D eigenvalue weighted by atomic mass is 32.2. The van der Waals surface area contributed by atoms with E-state index in [4.69, 9.17) is 9.52 Å². The third-order valence-electron chi connectivity index (χ3n) is 5.35. The molecule has 0 aliphatic heterocycles. The van der Waals surface area contributed by atoms with Gasteiger partial charge < -0.3 is 14.5 Å². The lowest BCUT2D eigenvalue weighted by Gasteiger charge is -2.33. The molecule has 0 saturated heterocycles. The molecule has 0 fully saturated rings. The Morgan fingerprint density at radius 3 is 2.89 bits per heavy atom. The van der Waals surface area contributed by atoms with Crippen LogP contribution in [0, 0.1) is 11.3 Å². The van der Waals surface area contributed by atoms with Crippen molar-refractivity contribution in [2.24, 2.45) is 11.3 Å². The molecule has 3 aromatic heterocycles. The molecule has 4 rings (SSSR count). The quantitative estimate of drug-likeness (QED) is 0.470. The minimum Gasteiger partial charge on any atom is -0.475 e. The predicted molar refractivity (Wildman–Crippen MR) is 110 cm³/mol. The Kier molecular flexibility index (Phi) is 4.87. The number of hydrogen-bond acceptors (Lipinski definition) is 6. The van der Waals surface area contributed by atoms with Crippen LogP contribution >= 0.6 is 23.1 Å². The van der Waals surface area contributed by atoms with Gasteiger partial charge in [-0.1, -0.05) is 32.5 Å². The number of aromatic carboxylic acids is 1. The summed E-state index contributed by atoms with van der Waals surface area (Å²) in [7, 11) is 0. The Morgan fingerprint density at radius 1 is 1.43 bits per heavy atom. The maximum atomic E-state index is 12.7. The van der Waals surface area contributed by atoms with Gasteiger partial charge in [-0.2, -0.15) is 0 Å². The third kappa shape index (κ3) is 3.63. The van der Waals surface area contributed by atoms with Gasteiger partial charge in [-0.05, 0) is 48.3 Å². The molecule has 1 aliphatic carbocycles. The van der Waals surface area contributed by atoms with Crippen molar-refractivity contribution < 1.29 is 14.3 Å². The van der Waals surface area contributed by atoms with Gasteiger partial charge in [-0.3, -0.25) is 4.79 Å². The average Bonchev–Trinajstić information content (AvgIpc) is 3.23. The summed E-state index contributed by atoms with van der Waals surface area (Å²) in [6.45, 7) is 6.83. The Labute approximate surface area is 170 Å². The zero-order valence-corrected chi connectivity index (χ0v) is 17.6. The number of fused-ring (bicyclic) bond motifs is 3. The standard InChI is InChI=1S/C20H22N2O4S2/c1-20(2,3)10-4-6-12-14(8-10)28-17-15(12)16(23)21-19(22-17)27-9-11-5-7-13(26-11)18(24)25/h5,7,10H,4,6,8-9H2,1-3H3,(H,24,25)(H,21,22,23). The van der Waals surface area contributed by atoms with E-state index in [9.17, 15) is 9.59 Å². The zero-order chi connectivity index (χ0) is 20.1. The molecule has 1 aliphatic rings. The summed E-state index contributed by atoms with van der Waals surface area (Å²) >= 11 is 2.96. The van der Waals surface area contributed by atoms with Crippen LogP contribution in [0.3, 0.4) is 0 Å². The molecule has 148 valence electrons. The van der Waals surface area contributed by atoms with Crippen molar-refractivity contribution in [1.29, 1.82) is 0 Å². The normalized spacial score (nSPS) is 17.0. The lowest BCUT2D eigenvalue weighted by atomic mass is 9.72. The van der Waals surface area contributed by atoms with E-state index in [0.717, 1.165) is 29.5 Å². The van der Waals surface area contributed by atoms with Crippen LogP contribution in [0.25, 0.3) is 10.2 Å². The summed E-state index contributed by atoms with van der Waals surface area (Å²) < 4.78 is 5.26. The zero-order valence-electron chi connectivity index (χ0n) is 16.0. The highest BCUT2D eigenvalue weighted by molar-refractivity contribution is 7.98. The Hall–Kier alpha value is -2.06. The van der Waals surface area contributed by atoms with E-state index in [1.165, 1.54) is 28.3 Å². The molecule has 6 nitrogen and oxygen atoms in total. The second kappa shape index (κ2) is 7.08. The fraction of sp³-hybridized carbons (Fsp3) is 0.450. The second-order valence-electron chi connectivity index (χ2n) is 8.22. The van der Waals surface area contributed by atoms with Crippen molar-refractivity contribution in [3.05, 3.63) is 44.4 Å². The summed E-state index contributed by atoms with van der Waals surface area (Å²) in [6, 6.07) is 3.06. The van der Waals surface area contributed by atoms with Crippen LogP contribution in [-0.4, -0.2) is 21.0 Å². The molecule has 2 N–H and O–H groups in total. The molecule has 3 heterocycles. The molecule has 0 spiro atoms. The summed E-state index contributed by atoms with van der Waals surface area (Å²) in [5.41, 5.74) is 1.33. The van der Waals surface area contributed by atoms with Crippen molar-refractivity contribution >= 4 is 39.3 Å². The van der Waals surface area contributed by atoms with Gasteiger partial charge in [0.2, 0.25) is 5.76 Å². The maximum absolute atomic E-state index is 12.7. The van der Waals surface area contributed by atoms with E-state index < -0.39 is 5.97 Å². The minimum atomic E-state index is -1.10. The van der Waals surface area contributed by atoms with E-state index in [0.29, 0.717) is 22.6 Å². The predicted octanol–water partition coefficient (Wildman–Crippen LogP) is 4.72. The van der Waals surface area contributed by atoms with Gasteiger partial charge >= 0.3 is 5.97 Å². The van der Waals surface area contributed by atoms with Crippen LogP contribution in [0.15, 0.2) is 26.5 Å². The molecule has 1 unspecified atom stereocenters. The molecule has 0 radical (unpaired) electrons. The first kappa shape index (κ1) is 19.3. The molecule has 3 aromatic rings. The van der Waals surface area contributed by atoms with Crippen LogP contribution in [0.5, 0.6) is 0 Å². The number of nitrogens with zero attached hydrogens (tertiary/aromatic N) is 1. The number of carboxylic acid groups (broad SMARTS) is 1. The highest BCUT2D eigenvalue weighted by Gasteiger charge is 2.31. The monoisotopic (exact) mass is 418 g/mol. The van der Waals surface area contributed by atoms with Crippen LogP contribution in [-0.2, 0) is 18.6 Å². The highest BCUT2D eigenvalue weighted by Crippen LogP contribution is 2.42. The number of aromatic nitrogens is 2. The third-order valence-corrected chi connectivity index (χ3v) is 7.39. The number of thioether (sulfide) groups is 1. The van der Waals surface area contributed by atoms with E-state index in [2.05, 4.69) is 30.7 Å². The largest absolute Gasteiger partial charge is 0.475 e. The number of nitrogens with one attached hydrogen (secondary N) is 1. The van der Waals surface area contributed by atoms with Crippen molar-refractivity contribution in [2.75, 3.05) is 0 Å². The van der Waals surface area contributed by atoms with Crippen molar-refractivity contribution in [1.82, 2.24) is 9.97 Å². The Balaban J connectivity index is 1.59. The van der Waals surface area contributed by atoms with Gasteiger partial charge in [0.1, 0.15) is 10.6 Å². The Morgan fingerprint density at radius 2 is 2.21 bits per heavy atom. The van der Waals surface area contributed by atoms with Crippen LogP contribution in [0.4, 0.5) is 0 Å². The van der Waals surface area contributed by atoms with Crippen molar-refractivity contribution in [2.45, 2.75) is 50.9 Å². The number of thiophene rings is 1. The molecule has 0 saturated carbocycles. The Bertz CT molecular complexity index is 1100. The second-order valence-corrected chi connectivity index (χ2v) is 10.3. The number of rotatable bonds is 4. The lowest BCUT2D eigenvalue weighted by molar-refractivity contribution is 0.0661. The van der Waals surface area contributed by atoms with Gasteiger partial charge in [0.05, 0.1) is 11.1 Å². The van der Waals surface area contributed by atoms with Crippen molar-refractivity contribution in [3.63, 3.8) is 0 Å². The van der Waals surface area contributed by atoms with E-state index in [1.807, 2.05) is 0 Å². The van der Waals surface area contributed by atoms with E-state index in [1.54, 1.807) is 17.4 Å². The number of aryl methyl sites for hydroxylation is 1. The van der Waals surface area contributed by atoms with Gasteiger partial charge in [0.15, 0.2) is 5.16 Å². The number of furan rings is 1. The molecule has 0 aromatic carbocycles. The molecular formula is C20H22N2O4S2. The van der Waals surface area contributed by atoms with Crippen molar-refractivity contribution in [3.8, 4) is 0 Å².